The zero-order valence-corrected chi connectivity index (χ0v) is 11.8. The van der Waals surface area contributed by atoms with Crippen LogP contribution in [0, 0.1) is 5.82 Å². The van der Waals surface area contributed by atoms with Gasteiger partial charge in [-0.3, -0.25) is 0 Å². The molecule has 96 valence electrons. The van der Waals surface area contributed by atoms with Gasteiger partial charge < -0.3 is 9.30 Å². The Morgan fingerprint density at radius 2 is 2.22 bits per heavy atom. The van der Waals surface area contributed by atoms with Crippen molar-refractivity contribution in [1.82, 2.24) is 9.55 Å². The summed E-state index contributed by atoms with van der Waals surface area (Å²) in [5.41, 5.74) is 0.959. The van der Waals surface area contributed by atoms with Crippen LogP contribution in [0.3, 0.4) is 0 Å². The van der Waals surface area contributed by atoms with E-state index in [1.54, 1.807) is 18.6 Å². The number of hydrogen-bond donors (Lipinski definition) is 0. The maximum absolute atomic E-state index is 13.1. The van der Waals surface area contributed by atoms with Gasteiger partial charge in [-0.2, -0.15) is 0 Å². The van der Waals surface area contributed by atoms with Crippen LogP contribution in [-0.2, 0) is 6.61 Å². The third kappa shape index (κ3) is 2.90. The summed E-state index contributed by atoms with van der Waals surface area (Å²) in [7, 11) is 0. The standard InChI is InChI=1S/C13H14BrFN2O/c1-9(2)17-8-16-6-11(17)7-18-13-5-10(15)3-4-12(13)14/h3-6,8-9H,7H2,1-2H3. The second-order valence-electron chi connectivity index (χ2n) is 4.25. The predicted octanol–water partition coefficient (Wildman–Crippen LogP) is 3.94. The summed E-state index contributed by atoms with van der Waals surface area (Å²) < 4.78 is 21.5. The quantitative estimate of drug-likeness (QED) is 0.855. The number of aromatic nitrogens is 2. The molecular weight excluding hydrogens is 299 g/mol. The first-order valence-electron chi connectivity index (χ1n) is 5.66. The van der Waals surface area contributed by atoms with Crippen LogP contribution in [0.25, 0.3) is 0 Å². The van der Waals surface area contributed by atoms with Gasteiger partial charge in [0.1, 0.15) is 18.2 Å². The molecule has 0 saturated carbocycles. The molecule has 0 amide bonds. The molecule has 0 aliphatic carbocycles. The van der Waals surface area contributed by atoms with Gasteiger partial charge in [-0.05, 0) is 41.9 Å². The van der Waals surface area contributed by atoms with E-state index in [9.17, 15) is 4.39 Å². The maximum atomic E-state index is 13.1. The number of nitrogens with zero attached hydrogens (tertiary/aromatic N) is 2. The highest BCUT2D eigenvalue weighted by Crippen LogP contribution is 2.26. The van der Waals surface area contributed by atoms with Gasteiger partial charge in [-0.25, -0.2) is 9.37 Å². The van der Waals surface area contributed by atoms with Gasteiger partial charge in [0.25, 0.3) is 0 Å². The number of halogens is 2. The topological polar surface area (TPSA) is 27.1 Å². The van der Waals surface area contributed by atoms with E-state index in [0.29, 0.717) is 18.4 Å². The Morgan fingerprint density at radius 1 is 1.44 bits per heavy atom. The summed E-state index contributed by atoms with van der Waals surface area (Å²) in [6, 6.07) is 4.70. The Morgan fingerprint density at radius 3 is 2.94 bits per heavy atom. The first kappa shape index (κ1) is 13.1. The zero-order valence-electron chi connectivity index (χ0n) is 10.2. The average molecular weight is 313 g/mol. The molecule has 0 radical (unpaired) electrons. The van der Waals surface area contributed by atoms with E-state index in [0.717, 1.165) is 10.2 Å². The molecule has 1 heterocycles. The number of benzene rings is 1. The molecule has 0 unspecified atom stereocenters. The lowest BCUT2D eigenvalue weighted by Gasteiger charge is -2.13. The molecule has 2 aromatic rings. The van der Waals surface area contributed by atoms with Crippen LogP contribution in [0.5, 0.6) is 5.75 Å². The van der Waals surface area contributed by atoms with Crippen molar-refractivity contribution in [1.29, 1.82) is 0 Å². The van der Waals surface area contributed by atoms with Gasteiger partial charge in [0.2, 0.25) is 0 Å². The lowest BCUT2D eigenvalue weighted by Crippen LogP contribution is -2.07. The van der Waals surface area contributed by atoms with Crippen LogP contribution < -0.4 is 4.74 Å². The first-order chi connectivity index (χ1) is 8.58. The van der Waals surface area contributed by atoms with E-state index in [1.165, 1.54) is 12.1 Å². The van der Waals surface area contributed by atoms with Crippen LogP contribution in [-0.4, -0.2) is 9.55 Å². The Labute approximate surface area is 114 Å². The molecule has 0 atom stereocenters. The zero-order chi connectivity index (χ0) is 13.1. The monoisotopic (exact) mass is 312 g/mol. The van der Waals surface area contributed by atoms with Gasteiger partial charge in [0, 0.05) is 12.1 Å². The molecule has 0 bridgehead atoms. The van der Waals surface area contributed by atoms with Gasteiger partial charge in [-0.1, -0.05) is 0 Å². The Hall–Kier alpha value is -1.36. The Balaban J connectivity index is 2.11. The number of ether oxygens (including phenoxy) is 1. The molecule has 5 heteroatoms. The van der Waals surface area contributed by atoms with E-state index >= 15 is 0 Å². The molecule has 0 fully saturated rings. The summed E-state index contributed by atoms with van der Waals surface area (Å²) in [5.74, 6) is 0.178. The summed E-state index contributed by atoms with van der Waals surface area (Å²) in [5, 5.41) is 0. The van der Waals surface area contributed by atoms with Crippen LogP contribution in [0.1, 0.15) is 25.6 Å². The third-order valence-corrected chi connectivity index (χ3v) is 3.23. The minimum Gasteiger partial charge on any atom is -0.486 e. The molecule has 1 aromatic carbocycles. The van der Waals surface area contributed by atoms with Gasteiger partial charge in [-0.15, -0.1) is 0 Å². The number of imidazole rings is 1. The van der Waals surface area contributed by atoms with E-state index in [1.807, 2.05) is 4.57 Å². The normalized spacial score (nSPS) is 10.9. The molecule has 2 rings (SSSR count). The van der Waals surface area contributed by atoms with E-state index < -0.39 is 0 Å². The Bertz CT molecular complexity index is 540. The molecule has 18 heavy (non-hydrogen) atoms. The van der Waals surface area contributed by atoms with Crippen LogP contribution in [0.2, 0.25) is 0 Å². The van der Waals surface area contributed by atoms with Crippen LogP contribution >= 0.6 is 15.9 Å². The third-order valence-electron chi connectivity index (χ3n) is 2.57. The molecule has 0 aliphatic heterocycles. The predicted molar refractivity (Wildman–Crippen MR) is 71.0 cm³/mol. The highest BCUT2D eigenvalue weighted by molar-refractivity contribution is 9.10. The fourth-order valence-corrected chi connectivity index (χ4v) is 2.01. The van der Waals surface area contributed by atoms with Crippen molar-refractivity contribution < 1.29 is 9.13 Å². The maximum Gasteiger partial charge on any atom is 0.136 e. The molecule has 0 N–H and O–H groups in total. The molecule has 0 aliphatic rings. The first-order valence-corrected chi connectivity index (χ1v) is 6.46. The van der Waals surface area contributed by atoms with Crippen molar-refractivity contribution in [3.63, 3.8) is 0 Å². The average Bonchev–Trinajstić information content (AvgIpc) is 2.79. The van der Waals surface area contributed by atoms with Crippen molar-refractivity contribution in [2.45, 2.75) is 26.5 Å². The second kappa shape index (κ2) is 5.52. The fraction of sp³-hybridized carbons (Fsp3) is 0.308. The van der Waals surface area contributed by atoms with Gasteiger partial charge >= 0.3 is 0 Å². The lowest BCUT2D eigenvalue weighted by molar-refractivity contribution is 0.289. The van der Waals surface area contributed by atoms with Crippen LogP contribution in [0.4, 0.5) is 4.39 Å². The number of hydrogen-bond acceptors (Lipinski definition) is 2. The molecule has 1 aromatic heterocycles. The molecule has 3 nitrogen and oxygen atoms in total. The van der Waals surface area contributed by atoms with Crippen LogP contribution in [0.15, 0.2) is 35.2 Å². The van der Waals surface area contributed by atoms with Crippen molar-refractivity contribution in [3.05, 3.63) is 46.7 Å². The minimum absolute atomic E-state index is 0.314. The smallest absolute Gasteiger partial charge is 0.136 e. The summed E-state index contributed by atoms with van der Waals surface area (Å²) in [6.45, 7) is 4.51. The summed E-state index contributed by atoms with van der Waals surface area (Å²) in [6.07, 6.45) is 3.52. The van der Waals surface area contributed by atoms with Gasteiger partial charge in [0.15, 0.2) is 0 Å². The van der Waals surface area contributed by atoms with Crippen molar-refractivity contribution in [3.8, 4) is 5.75 Å². The van der Waals surface area contributed by atoms with Crippen molar-refractivity contribution >= 4 is 15.9 Å². The summed E-state index contributed by atoms with van der Waals surface area (Å²) >= 11 is 3.33. The van der Waals surface area contributed by atoms with Crippen molar-refractivity contribution in [2.24, 2.45) is 0 Å². The minimum atomic E-state index is -0.314. The molecular formula is C13H14BrFN2O. The second-order valence-corrected chi connectivity index (χ2v) is 5.10. The molecule has 0 saturated heterocycles. The lowest BCUT2D eigenvalue weighted by atomic mass is 10.3. The highest BCUT2D eigenvalue weighted by Gasteiger charge is 2.08. The van der Waals surface area contributed by atoms with Gasteiger partial charge in [0.05, 0.1) is 22.7 Å². The number of rotatable bonds is 4. The SMILES string of the molecule is CC(C)n1cncc1COc1cc(F)ccc1Br. The van der Waals surface area contributed by atoms with E-state index in [4.69, 9.17) is 4.74 Å². The van der Waals surface area contributed by atoms with E-state index in [2.05, 4.69) is 34.8 Å². The molecule has 0 spiro atoms. The van der Waals surface area contributed by atoms with Crippen molar-refractivity contribution in [2.75, 3.05) is 0 Å². The fourth-order valence-electron chi connectivity index (χ4n) is 1.65. The Kier molecular flexibility index (Phi) is 4.01. The van der Waals surface area contributed by atoms with E-state index in [-0.39, 0.29) is 5.82 Å². The highest BCUT2D eigenvalue weighted by atomic mass is 79.9. The largest absolute Gasteiger partial charge is 0.486 e. The summed E-state index contributed by atoms with van der Waals surface area (Å²) in [4.78, 5) is 4.09.